The van der Waals surface area contributed by atoms with Gasteiger partial charge in [0.15, 0.2) is 6.10 Å². The van der Waals surface area contributed by atoms with E-state index in [2.05, 4.69) is 68.5 Å². The van der Waals surface area contributed by atoms with E-state index in [1.165, 1.54) is 38.5 Å². The zero-order valence-corrected chi connectivity index (χ0v) is 39.3. The van der Waals surface area contributed by atoms with Crippen molar-refractivity contribution in [3.63, 3.8) is 0 Å². The van der Waals surface area contributed by atoms with Crippen LogP contribution in [-0.4, -0.2) is 97.3 Å². The first kappa shape index (κ1) is 57.6. The number of carbonyl (C=O) groups excluding carboxylic acids is 2. The standard InChI is InChI=1S/C48H86NO10P/c1-6-8-10-12-14-15-16-17-18-19-20-21-22-23-24-25-26-30-34-38-47(52)56-42-44(43-58-60(54,55)57-41-40-49(3,4)5)59-48(53)39-35-31-27-29-33-37-46(51)45(50)36-32-28-13-11-9-7-2/h14-15,17-18,20-21,23-24,28,32,44-46,50-51H,6-13,16,19,22,25-27,29-31,33-43H2,1-5H3/p+1/b15-14-,18-17-,21-20-,24-23-,32-28-/t44-,45+,46+/m1/s1. The van der Waals surface area contributed by atoms with Gasteiger partial charge in [-0.3, -0.25) is 18.6 Å². The summed E-state index contributed by atoms with van der Waals surface area (Å²) in [6.45, 7) is 4.10. The second-order valence-electron chi connectivity index (χ2n) is 16.7. The van der Waals surface area contributed by atoms with Crippen molar-refractivity contribution in [2.75, 3.05) is 47.5 Å². The van der Waals surface area contributed by atoms with Gasteiger partial charge in [-0.25, -0.2) is 4.57 Å². The first-order valence-corrected chi connectivity index (χ1v) is 24.7. The fourth-order valence-corrected chi connectivity index (χ4v) is 6.64. The Hall–Kier alpha value is -2.37. The van der Waals surface area contributed by atoms with E-state index in [0.717, 1.165) is 77.0 Å². The molecule has 0 saturated carbocycles. The SMILES string of the molecule is CCCCC/C=C\C/C=C\C/C=C\C/C=C\CCCCCC(=O)OC[C@H](COP(=O)(O)OCC[N+](C)(C)C)OC(=O)CCCCCCC[C@H](O)[C@@H](O)C/C=C\CCCCC. The number of nitrogens with zero attached hydrogens (tertiary/aromatic N) is 1. The smallest absolute Gasteiger partial charge is 0.462 e. The first-order chi connectivity index (χ1) is 28.8. The van der Waals surface area contributed by atoms with Crippen LogP contribution in [0.4, 0.5) is 0 Å². The molecular weight excluding hydrogens is 781 g/mol. The number of esters is 2. The van der Waals surface area contributed by atoms with Crippen molar-refractivity contribution in [3.05, 3.63) is 60.8 Å². The van der Waals surface area contributed by atoms with Crippen molar-refractivity contribution in [1.82, 2.24) is 0 Å². The minimum atomic E-state index is -4.43. The number of unbranched alkanes of at least 4 members (excludes halogenated alkanes) is 13. The molecular formula is C48H87NO10P+. The van der Waals surface area contributed by atoms with Crippen LogP contribution in [0.3, 0.4) is 0 Å². The number of aliphatic hydroxyl groups is 2. The zero-order valence-electron chi connectivity index (χ0n) is 38.4. The summed E-state index contributed by atoms with van der Waals surface area (Å²) in [7, 11) is 1.35. The Morgan fingerprint density at radius 2 is 1.07 bits per heavy atom. The highest BCUT2D eigenvalue weighted by Gasteiger charge is 2.27. The van der Waals surface area contributed by atoms with Crippen molar-refractivity contribution >= 4 is 19.8 Å². The molecule has 0 aliphatic rings. The van der Waals surface area contributed by atoms with Crippen LogP contribution in [-0.2, 0) is 32.7 Å². The van der Waals surface area contributed by atoms with Gasteiger partial charge in [0.25, 0.3) is 0 Å². The predicted molar refractivity (Wildman–Crippen MR) is 245 cm³/mol. The van der Waals surface area contributed by atoms with Crippen LogP contribution in [0.5, 0.6) is 0 Å². The molecule has 0 bridgehead atoms. The van der Waals surface area contributed by atoms with E-state index in [-0.39, 0.29) is 26.1 Å². The number of carbonyl (C=O) groups is 2. The summed E-state index contributed by atoms with van der Waals surface area (Å²) in [4.78, 5) is 35.4. The van der Waals surface area contributed by atoms with Gasteiger partial charge in [-0.2, -0.15) is 0 Å². The number of quaternary nitrogens is 1. The van der Waals surface area contributed by atoms with Gasteiger partial charge in [-0.15, -0.1) is 0 Å². The van der Waals surface area contributed by atoms with Gasteiger partial charge in [0.1, 0.15) is 19.8 Å². The number of phosphoric acid groups is 1. The van der Waals surface area contributed by atoms with Crippen LogP contribution in [0.2, 0.25) is 0 Å². The number of hydrogen-bond acceptors (Lipinski definition) is 9. The Balaban J connectivity index is 4.52. The molecule has 0 heterocycles. The second kappa shape index (κ2) is 39.5. The molecule has 0 aliphatic heterocycles. The average Bonchev–Trinajstić information content (AvgIpc) is 3.19. The van der Waals surface area contributed by atoms with Crippen LogP contribution >= 0.6 is 7.82 Å². The third-order valence-corrected chi connectivity index (χ3v) is 10.7. The highest BCUT2D eigenvalue weighted by molar-refractivity contribution is 7.47. The molecule has 0 saturated heterocycles. The van der Waals surface area contributed by atoms with E-state index in [1.807, 2.05) is 27.2 Å². The quantitative estimate of drug-likeness (QED) is 0.0178. The lowest BCUT2D eigenvalue weighted by Crippen LogP contribution is -2.37. The topological polar surface area (TPSA) is 149 Å². The van der Waals surface area contributed by atoms with Crippen LogP contribution < -0.4 is 0 Å². The van der Waals surface area contributed by atoms with Gasteiger partial charge in [-0.05, 0) is 83.5 Å². The number of ether oxygens (including phenoxy) is 2. The summed E-state index contributed by atoms with van der Waals surface area (Å²) >= 11 is 0. The molecule has 0 aliphatic carbocycles. The molecule has 3 N–H and O–H groups in total. The predicted octanol–water partition coefficient (Wildman–Crippen LogP) is 11.2. The second-order valence-corrected chi connectivity index (χ2v) is 18.2. The maximum absolute atomic E-state index is 12.7. The van der Waals surface area contributed by atoms with Crippen LogP contribution in [0.15, 0.2) is 60.8 Å². The molecule has 0 aromatic heterocycles. The minimum absolute atomic E-state index is 0.00475. The Morgan fingerprint density at radius 1 is 0.583 bits per heavy atom. The molecule has 0 aromatic carbocycles. The van der Waals surface area contributed by atoms with Crippen molar-refractivity contribution in [2.24, 2.45) is 0 Å². The summed E-state index contributed by atoms with van der Waals surface area (Å²) < 4.78 is 34.2. The Morgan fingerprint density at radius 3 is 1.63 bits per heavy atom. The third-order valence-electron chi connectivity index (χ3n) is 9.72. The lowest BCUT2D eigenvalue weighted by Gasteiger charge is -2.24. The third kappa shape index (κ3) is 41.0. The maximum Gasteiger partial charge on any atom is 0.472 e. The van der Waals surface area contributed by atoms with Crippen LogP contribution in [0, 0.1) is 0 Å². The van der Waals surface area contributed by atoms with Crippen LogP contribution in [0.1, 0.15) is 168 Å². The van der Waals surface area contributed by atoms with Gasteiger partial charge in [-0.1, -0.05) is 132 Å². The first-order valence-electron chi connectivity index (χ1n) is 23.2. The lowest BCUT2D eigenvalue weighted by molar-refractivity contribution is -0.870. The molecule has 0 aromatic rings. The maximum atomic E-state index is 12.7. The molecule has 348 valence electrons. The molecule has 0 fully saturated rings. The summed E-state index contributed by atoms with van der Waals surface area (Å²) in [5.74, 6) is -0.951. The summed E-state index contributed by atoms with van der Waals surface area (Å²) in [6, 6.07) is 0. The van der Waals surface area contributed by atoms with E-state index in [4.69, 9.17) is 18.5 Å². The van der Waals surface area contributed by atoms with E-state index >= 15 is 0 Å². The van der Waals surface area contributed by atoms with Crippen molar-refractivity contribution in [3.8, 4) is 0 Å². The Bertz CT molecular complexity index is 1240. The van der Waals surface area contributed by atoms with Crippen molar-refractivity contribution in [1.29, 1.82) is 0 Å². The average molecular weight is 869 g/mol. The normalized spacial score (nSPS) is 15.1. The Kier molecular flexibility index (Phi) is 37.9. The number of allylic oxidation sites excluding steroid dienone is 9. The van der Waals surface area contributed by atoms with Crippen molar-refractivity contribution < 1.29 is 52.3 Å². The fourth-order valence-electron chi connectivity index (χ4n) is 5.90. The van der Waals surface area contributed by atoms with Gasteiger partial charge in [0, 0.05) is 12.8 Å². The number of likely N-dealkylation sites (N-methyl/N-ethyl adjacent to an activating group) is 1. The molecule has 11 nitrogen and oxygen atoms in total. The lowest BCUT2D eigenvalue weighted by atomic mass is 10.0. The van der Waals surface area contributed by atoms with Gasteiger partial charge in [0.05, 0.1) is 40.0 Å². The molecule has 60 heavy (non-hydrogen) atoms. The molecule has 4 atom stereocenters. The van der Waals surface area contributed by atoms with Gasteiger partial charge < -0.3 is 29.1 Å². The molecule has 0 spiro atoms. The zero-order chi connectivity index (χ0) is 44.6. The fraction of sp³-hybridized carbons (Fsp3) is 0.750. The number of phosphoric ester groups is 1. The highest BCUT2D eigenvalue weighted by atomic mass is 31.2. The van der Waals surface area contributed by atoms with E-state index in [9.17, 15) is 29.3 Å². The van der Waals surface area contributed by atoms with E-state index in [0.29, 0.717) is 36.7 Å². The summed E-state index contributed by atoms with van der Waals surface area (Å²) in [6.07, 6.45) is 40.0. The minimum Gasteiger partial charge on any atom is -0.462 e. The van der Waals surface area contributed by atoms with Crippen LogP contribution in [0.25, 0.3) is 0 Å². The summed E-state index contributed by atoms with van der Waals surface area (Å²) in [5, 5.41) is 20.5. The molecule has 0 amide bonds. The molecule has 1 unspecified atom stereocenters. The molecule has 12 heteroatoms. The van der Waals surface area contributed by atoms with E-state index in [1.54, 1.807) is 0 Å². The molecule has 0 rings (SSSR count). The number of hydrogen-bond donors (Lipinski definition) is 3. The monoisotopic (exact) mass is 869 g/mol. The van der Waals surface area contributed by atoms with Crippen molar-refractivity contribution in [2.45, 2.75) is 186 Å². The Labute approximate surface area is 365 Å². The largest absolute Gasteiger partial charge is 0.472 e. The van der Waals surface area contributed by atoms with E-state index < -0.39 is 44.7 Å². The van der Waals surface area contributed by atoms with Gasteiger partial charge >= 0.3 is 19.8 Å². The highest BCUT2D eigenvalue weighted by Crippen LogP contribution is 2.43. The molecule has 0 radical (unpaired) electrons. The summed E-state index contributed by atoms with van der Waals surface area (Å²) in [5.41, 5.74) is 0. The number of aliphatic hydroxyl groups excluding tert-OH is 2. The van der Waals surface area contributed by atoms with Gasteiger partial charge in [0.2, 0.25) is 0 Å². The number of rotatable bonds is 41.